The third kappa shape index (κ3) is 6.91. The standard InChI is InChI=1S/C18H18ClF3N2O4S/c1-11(2)24-29(26,27)14-6-3-12(4-7-14)17(25)23-15-9-13(19)5-8-16(15)28-10-18(20,21)22/h3-9,11,24H,10H2,1-2H3,(H,23,25). The highest BCUT2D eigenvalue weighted by atomic mass is 35.5. The topological polar surface area (TPSA) is 84.5 Å². The quantitative estimate of drug-likeness (QED) is 0.661. The average molecular weight is 451 g/mol. The number of halogens is 4. The van der Waals surface area contributed by atoms with Crippen molar-refractivity contribution < 1.29 is 31.1 Å². The largest absolute Gasteiger partial charge is 0.482 e. The number of rotatable bonds is 7. The fraction of sp³-hybridized carbons (Fsp3) is 0.278. The smallest absolute Gasteiger partial charge is 0.422 e. The van der Waals surface area contributed by atoms with Gasteiger partial charge in [0.05, 0.1) is 10.6 Å². The first-order valence-electron chi connectivity index (χ1n) is 8.30. The van der Waals surface area contributed by atoms with Crippen molar-refractivity contribution in [3.63, 3.8) is 0 Å². The zero-order valence-electron chi connectivity index (χ0n) is 15.4. The molecule has 0 aliphatic rings. The van der Waals surface area contributed by atoms with E-state index >= 15 is 0 Å². The Bertz CT molecular complexity index is 978. The van der Waals surface area contributed by atoms with Crippen LogP contribution in [0.25, 0.3) is 0 Å². The summed E-state index contributed by atoms with van der Waals surface area (Å²) in [5, 5.41) is 2.59. The predicted molar refractivity (Wildman–Crippen MR) is 103 cm³/mol. The molecule has 2 rings (SSSR count). The lowest BCUT2D eigenvalue weighted by Gasteiger charge is -2.14. The molecule has 2 aromatic carbocycles. The minimum Gasteiger partial charge on any atom is -0.482 e. The van der Waals surface area contributed by atoms with Gasteiger partial charge < -0.3 is 10.1 Å². The van der Waals surface area contributed by atoms with Gasteiger partial charge in [0, 0.05) is 16.6 Å². The van der Waals surface area contributed by atoms with Crippen molar-refractivity contribution in [1.29, 1.82) is 0 Å². The summed E-state index contributed by atoms with van der Waals surface area (Å²) >= 11 is 5.85. The van der Waals surface area contributed by atoms with Gasteiger partial charge in [-0.1, -0.05) is 11.6 Å². The van der Waals surface area contributed by atoms with Gasteiger partial charge in [0.2, 0.25) is 10.0 Å². The highest BCUT2D eigenvalue weighted by Crippen LogP contribution is 2.30. The van der Waals surface area contributed by atoms with Crippen molar-refractivity contribution in [2.24, 2.45) is 0 Å². The number of ether oxygens (including phenoxy) is 1. The summed E-state index contributed by atoms with van der Waals surface area (Å²) in [6.45, 7) is 1.80. The maximum absolute atomic E-state index is 12.4. The zero-order valence-corrected chi connectivity index (χ0v) is 17.0. The van der Waals surface area contributed by atoms with Crippen LogP contribution in [0.3, 0.4) is 0 Å². The maximum atomic E-state index is 12.4. The van der Waals surface area contributed by atoms with Crippen molar-refractivity contribution in [2.75, 3.05) is 11.9 Å². The van der Waals surface area contributed by atoms with E-state index < -0.39 is 28.7 Å². The van der Waals surface area contributed by atoms with Crippen LogP contribution >= 0.6 is 11.6 Å². The molecule has 11 heteroatoms. The maximum Gasteiger partial charge on any atom is 0.422 e. The number of anilines is 1. The number of hydrogen-bond donors (Lipinski definition) is 2. The molecule has 0 atom stereocenters. The molecule has 0 fully saturated rings. The first-order valence-corrected chi connectivity index (χ1v) is 10.2. The Hall–Kier alpha value is -2.30. The molecular formula is C18H18ClF3N2O4S. The van der Waals surface area contributed by atoms with Crippen LogP contribution in [-0.2, 0) is 10.0 Å². The molecule has 0 unspecified atom stereocenters. The summed E-state index contributed by atoms with van der Waals surface area (Å²) in [5.41, 5.74) is 0.0418. The molecule has 2 aromatic rings. The number of hydrogen-bond acceptors (Lipinski definition) is 4. The van der Waals surface area contributed by atoms with E-state index in [0.29, 0.717) is 0 Å². The van der Waals surface area contributed by atoms with E-state index in [-0.39, 0.29) is 33.0 Å². The molecule has 6 nitrogen and oxygen atoms in total. The van der Waals surface area contributed by atoms with Crippen LogP contribution < -0.4 is 14.8 Å². The molecule has 0 aliphatic carbocycles. The molecule has 2 N–H and O–H groups in total. The Labute approximate surface area is 171 Å². The second-order valence-electron chi connectivity index (χ2n) is 6.30. The monoisotopic (exact) mass is 450 g/mol. The fourth-order valence-corrected chi connectivity index (χ4v) is 3.67. The summed E-state index contributed by atoms with van der Waals surface area (Å²) in [6, 6.07) is 8.53. The number of sulfonamides is 1. The van der Waals surface area contributed by atoms with Gasteiger partial charge in [-0.05, 0) is 56.3 Å². The molecule has 0 saturated carbocycles. The molecule has 0 heterocycles. The predicted octanol–water partition coefficient (Wildman–Crippen LogP) is 4.22. The van der Waals surface area contributed by atoms with Crippen LogP contribution in [0, 0.1) is 0 Å². The highest BCUT2D eigenvalue weighted by Gasteiger charge is 2.29. The molecule has 158 valence electrons. The van der Waals surface area contributed by atoms with Gasteiger partial charge in [0.25, 0.3) is 5.91 Å². The number of carbonyl (C=O) groups excluding carboxylic acids is 1. The zero-order chi connectivity index (χ0) is 21.8. The normalized spacial score (nSPS) is 12.1. The van der Waals surface area contributed by atoms with Crippen LogP contribution in [-0.4, -0.2) is 33.1 Å². The Morgan fingerprint density at radius 2 is 1.76 bits per heavy atom. The lowest BCUT2D eigenvalue weighted by Crippen LogP contribution is -2.30. The van der Waals surface area contributed by atoms with E-state index in [4.69, 9.17) is 16.3 Å². The number of nitrogens with one attached hydrogen (secondary N) is 2. The lowest BCUT2D eigenvalue weighted by atomic mass is 10.2. The first-order chi connectivity index (χ1) is 13.4. The summed E-state index contributed by atoms with van der Waals surface area (Å²) in [7, 11) is -3.72. The van der Waals surface area contributed by atoms with Gasteiger partial charge >= 0.3 is 6.18 Å². The molecule has 0 aromatic heterocycles. The van der Waals surface area contributed by atoms with E-state index in [9.17, 15) is 26.4 Å². The summed E-state index contributed by atoms with van der Waals surface area (Å²) in [4.78, 5) is 12.4. The van der Waals surface area contributed by atoms with Crippen LogP contribution in [0.2, 0.25) is 5.02 Å². The van der Waals surface area contributed by atoms with Crippen molar-refractivity contribution in [3.8, 4) is 5.75 Å². The van der Waals surface area contributed by atoms with Crippen molar-refractivity contribution in [2.45, 2.75) is 31.0 Å². The Morgan fingerprint density at radius 3 is 2.31 bits per heavy atom. The fourth-order valence-electron chi connectivity index (χ4n) is 2.24. The summed E-state index contributed by atoms with van der Waals surface area (Å²) in [6.07, 6.45) is -4.55. The van der Waals surface area contributed by atoms with Gasteiger partial charge in [0.15, 0.2) is 6.61 Å². The second-order valence-corrected chi connectivity index (χ2v) is 8.45. The number of carbonyl (C=O) groups is 1. The third-order valence-corrected chi connectivity index (χ3v) is 5.31. The molecule has 0 aliphatic heterocycles. The van der Waals surface area contributed by atoms with Gasteiger partial charge in [-0.25, -0.2) is 13.1 Å². The van der Waals surface area contributed by atoms with Crippen LogP contribution in [0.4, 0.5) is 18.9 Å². The lowest BCUT2D eigenvalue weighted by molar-refractivity contribution is -0.153. The SMILES string of the molecule is CC(C)NS(=O)(=O)c1ccc(C(=O)Nc2cc(Cl)ccc2OCC(F)(F)F)cc1. The van der Waals surface area contributed by atoms with Gasteiger partial charge in [-0.15, -0.1) is 0 Å². The Morgan fingerprint density at radius 1 is 1.14 bits per heavy atom. The molecule has 0 spiro atoms. The number of benzene rings is 2. The highest BCUT2D eigenvalue weighted by molar-refractivity contribution is 7.89. The van der Waals surface area contributed by atoms with Crippen LogP contribution in [0.5, 0.6) is 5.75 Å². The van der Waals surface area contributed by atoms with Crippen LogP contribution in [0.1, 0.15) is 24.2 Å². The van der Waals surface area contributed by atoms with E-state index in [2.05, 4.69) is 10.0 Å². The van der Waals surface area contributed by atoms with E-state index in [1.54, 1.807) is 13.8 Å². The van der Waals surface area contributed by atoms with Crippen molar-refractivity contribution in [1.82, 2.24) is 4.72 Å². The minimum absolute atomic E-state index is 0.0281. The van der Waals surface area contributed by atoms with Crippen LogP contribution in [0.15, 0.2) is 47.4 Å². The van der Waals surface area contributed by atoms with E-state index in [1.165, 1.54) is 42.5 Å². The van der Waals surface area contributed by atoms with Gasteiger partial charge in [0.1, 0.15) is 5.75 Å². The van der Waals surface area contributed by atoms with E-state index in [1.807, 2.05) is 0 Å². The summed E-state index contributed by atoms with van der Waals surface area (Å²) in [5.74, 6) is -0.884. The van der Waals surface area contributed by atoms with Gasteiger partial charge in [-0.3, -0.25) is 4.79 Å². The molecule has 1 amide bonds. The average Bonchev–Trinajstić information content (AvgIpc) is 2.59. The first kappa shape index (κ1) is 23.0. The second kappa shape index (κ2) is 9.02. The molecular weight excluding hydrogens is 433 g/mol. The Balaban J connectivity index is 2.19. The van der Waals surface area contributed by atoms with Gasteiger partial charge in [-0.2, -0.15) is 13.2 Å². The molecule has 0 bridgehead atoms. The Kier molecular flexibility index (Phi) is 7.15. The summed E-state index contributed by atoms with van der Waals surface area (Å²) < 4.78 is 68.6. The molecule has 29 heavy (non-hydrogen) atoms. The molecule has 0 saturated heterocycles. The van der Waals surface area contributed by atoms with Crippen molar-refractivity contribution in [3.05, 3.63) is 53.1 Å². The van der Waals surface area contributed by atoms with Crippen molar-refractivity contribution >= 4 is 33.2 Å². The minimum atomic E-state index is -4.55. The number of amides is 1. The third-order valence-electron chi connectivity index (χ3n) is 3.40. The van der Waals surface area contributed by atoms with E-state index in [0.717, 1.165) is 0 Å². The number of alkyl halides is 3. The molecule has 0 radical (unpaired) electrons.